The van der Waals surface area contributed by atoms with E-state index in [1.54, 1.807) is 26.8 Å². The molecule has 2 saturated heterocycles. The zero-order valence-corrected chi connectivity index (χ0v) is 37.3. The number of esters is 1. The van der Waals surface area contributed by atoms with Crippen LogP contribution in [0.15, 0.2) is 23.3 Å². The number of amides is 1. The van der Waals surface area contributed by atoms with Crippen LogP contribution in [0.2, 0.25) is 0 Å². The van der Waals surface area contributed by atoms with Crippen molar-refractivity contribution in [2.45, 2.75) is 172 Å². The highest BCUT2D eigenvalue weighted by Crippen LogP contribution is 2.39. The Bertz CT molecular complexity index is 1580. The number of carbonyl (C=O) groups is 5. The number of hydrogen-bond acceptors (Lipinski definition) is 14. The fourth-order valence-corrected chi connectivity index (χ4v) is 9.61. The quantitative estimate of drug-likeness (QED) is 0.140. The summed E-state index contributed by atoms with van der Waals surface area (Å²) >= 11 is 0. The fourth-order valence-electron chi connectivity index (χ4n) is 9.61. The zero-order chi connectivity index (χ0) is 45.2. The van der Waals surface area contributed by atoms with Crippen molar-refractivity contribution in [3.63, 3.8) is 0 Å². The van der Waals surface area contributed by atoms with Gasteiger partial charge in [0.25, 0.3) is 11.7 Å². The van der Waals surface area contributed by atoms with Crippen LogP contribution in [0.1, 0.15) is 111 Å². The van der Waals surface area contributed by atoms with Crippen molar-refractivity contribution >= 4 is 29.4 Å². The van der Waals surface area contributed by atoms with Gasteiger partial charge in [0.15, 0.2) is 0 Å². The summed E-state index contributed by atoms with van der Waals surface area (Å²) in [6, 6.07) is -1.20. The Balaban J connectivity index is 1.81. The lowest BCUT2D eigenvalue weighted by atomic mass is 9.81. The Morgan fingerprint density at radius 1 is 0.902 bits per heavy atom. The highest BCUT2D eigenvalue weighted by atomic mass is 16.7. The minimum absolute atomic E-state index is 0.0414. The van der Waals surface area contributed by atoms with E-state index in [2.05, 4.69) is 0 Å². The Kier molecular flexibility index (Phi) is 19.1. The number of Topliss-reactive ketones (excluding diaryl/α,β-unsaturated/α-hetero) is 2. The summed E-state index contributed by atoms with van der Waals surface area (Å²) < 4.78 is 35.6. The fraction of sp³-hybridized carbons (Fsp3) is 0.800. The maximum absolute atomic E-state index is 14.4. The van der Waals surface area contributed by atoms with Crippen LogP contribution in [0.3, 0.4) is 0 Å². The van der Waals surface area contributed by atoms with E-state index in [-0.39, 0.29) is 63.2 Å². The third-order valence-corrected chi connectivity index (χ3v) is 13.4. The van der Waals surface area contributed by atoms with Crippen LogP contribution in [0.25, 0.3) is 0 Å². The van der Waals surface area contributed by atoms with Gasteiger partial charge in [0.1, 0.15) is 24.0 Å². The van der Waals surface area contributed by atoms with Crippen LogP contribution in [-0.4, -0.2) is 150 Å². The number of ketones is 2. The van der Waals surface area contributed by atoms with Gasteiger partial charge in [-0.25, -0.2) is 4.79 Å². The molecule has 16 nitrogen and oxygen atoms in total. The highest BCUT2D eigenvalue weighted by Gasteiger charge is 2.56. The first-order valence-electron chi connectivity index (χ1n) is 21.9. The number of allylic oxidation sites excluding steroid dienone is 2. The molecule has 1 saturated carbocycles. The van der Waals surface area contributed by atoms with Gasteiger partial charge in [-0.05, 0) is 89.5 Å². The molecule has 61 heavy (non-hydrogen) atoms. The van der Waals surface area contributed by atoms with E-state index in [1.807, 2.05) is 13.0 Å². The van der Waals surface area contributed by atoms with Crippen LogP contribution < -0.4 is 0 Å². The second-order valence-corrected chi connectivity index (χ2v) is 17.8. The Labute approximate surface area is 360 Å². The zero-order valence-electron chi connectivity index (χ0n) is 37.3. The van der Waals surface area contributed by atoms with Crippen molar-refractivity contribution in [2.75, 3.05) is 35.0 Å². The molecule has 1 aliphatic carbocycles. The van der Waals surface area contributed by atoms with E-state index in [1.165, 1.54) is 28.4 Å². The number of aliphatic carboxylic acids is 1. The minimum Gasteiger partial charge on any atom is -0.481 e. The van der Waals surface area contributed by atoms with E-state index in [4.69, 9.17) is 28.4 Å². The number of carboxylic acids is 1. The predicted molar refractivity (Wildman–Crippen MR) is 221 cm³/mol. The number of ether oxygens (including phenoxy) is 6. The average Bonchev–Trinajstić information content (AvgIpc) is 3.23. The Hall–Kier alpha value is -3.09. The molecule has 4 aliphatic rings. The normalized spacial score (nSPS) is 39.1. The molecule has 0 aromatic heterocycles. The van der Waals surface area contributed by atoms with E-state index in [0.717, 1.165) is 10.5 Å². The number of carbonyl (C=O) groups excluding carboxylic acids is 4. The minimum atomic E-state index is -2.59. The summed E-state index contributed by atoms with van der Waals surface area (Å²) in [5.74, 6) is -9.55. The van der Waals surface area contributed by atoms with Crippen molar-refractivity contribution in [3.8, 4) is 0 Å². The number of carboxylic acid groups (broad SMARTS) is 1. The molecule has 2 bridgehead atoms. The first kappa shape index (κ1) is 50.6. The van der Waals surface area contributed by atoms with Crippen LogP contribution >= 0.6 is 0 Å². The molecule has 1 amide bonds. The SMILES string of the molecule is CO[C@H]1C/C(C)=C/[C@@H](CCCC(=O)O)C(=O)C[C@H](O)[C@@H](C)[C@@H](/C(C)=C/[C@@H]2CC[C@@H](O)[C@H](OC)C2)OC(=O)[C@@H]2CCCCN2C(=O)C(=O)[C@]2(O)O[C@H]([C@@H](OC)C1)[C@@H](OC)C[C@H]2C. The van der Waals surface area contributed by atoms with Gasteiger partial charge in [-0.2, -0.15) is 0 Å². The molecule has 16 heteroatoms. The third kappa shape index (κ3) is 12.8. The molecule has 0 spiro atoms. The number of aliphatic hydroxyl groups excluding tert-OH is 2. The number of nitrogens with zero attached hydrogens (tertiary/aromatic N) is 1. The van der Waals surface area contributed by atoms with Crippen LogP contribution in [0, 0.1) is 23.7 Å². The van der Waals surface area contributed by atoms with Crippen LogP contribution in [0.4, 0.5) is 0 Å². The standard InChI is InChI=1S/C45H71NO15/c1-25-18-30(12-11-14-39(50)51)35(49)24-34(48)28(4)40(26(2)20-29-15-16-33(47)36(22-29)57-6)60-44(54)32-13-9-10-17-46(32)43(53)42(52)45(55)27(3)21-37(58-7)41(61-45)38(59-8)23-31(19-25)56-5/h18,20,27-34,36-38,40-41,47-48,55H,9-17,19,21-24H2,1-8H3,(H,50,51)/b25-18+,26-20+/t27-,28-,29+,30-,31+,32+,33-,34+,36-,37+,38+,40-,41+,45-/m1/s1. The molecule has 14 atom stereocenters. The summed E-state index contributed by atoms with van der Waals surface area (Å²) in [7, 11) is 5.99. The van der Waals surface area contributed by atoms with Crippen LogP contribution in [0.5, 0.6) is 0 Å². The van der Waals surface area contributed by atoms with E-state index < -0.39 is 102 Å². The number of methoxy groups -OCH3 is 4. The lowest BCUT2D eigenvalue weighted by Gasteiger charge is -2.47. The summed E-state index contributed by atoms with van der Waals surface area (Å²) in [5.41, 5.74) is 1.35. The summed E-state index contributed by atoms with van der Waals surface area (Å²) in [5, 5.41) is 43.7. The summed E-state index contributed by atoms with van der Waals surface area (Å²) in [6.07, 6.45) is 0.818. The number of rotatable bonds is 10. The Morgan fingerprint density at radius 3 is 2.21 bits per heavy atom. The topological polar surface area (TPSA) is 225 Å². The molecular weight excluding hydrogens is 794 g/mol. The van der Waals surface area contributed by atoms with Gasteiger partial charge < -0.3 is 53.7 Å². The predicted octanol–water partition coefficient (Wildman–Crippen LogP) is 3.70. The molecule has 3 fully saturated rings. The number of hydrogen-bond donors (Lipinski definition) is 4. The second-order valence-electron chi connectivity index (χ2n) is 17.8. The first-order valence-corrected chi connectivity index (χ1v) is 21.9. The van der Waals surface area contributed by atoms with E-state index in [0.29, 0.717) is 44.1 Å². The number of aliphatic hydroxyl groups is 3. The lowest BCUT2D eigenvalue weighted by Crippen LogP contribution is -2.64. The maximum Gasteiger partial charge on any atom is 0.329 e. The molecule has 0 aromatic rings. The molecule has 346 valence electrons. The van der Waals surface area contributed by atoms with Crippen molar-refractivity contribution in [3.05, 3.63) is 23.3 Å². The summed E-state index contributed by atoms with van der Waals surface area (Å²) in [6.45, 7) is 6.91. The number of cyclic esters (lactones) is 1. The van der Waals surface area contributed by atoms with Gasteiger partial charge in [0.05, 0.1) is 36.6 Å². The summed E-state index contributed by atoms with van der Waals surface area (Å²) in [4.78, 5) is 69.7. The van der Waals surface area contributed by atoms with E-state index in [9.17, 15) is 44.4 Å². The van der Waals surface area contributed by atoms with Gasteiger partial charge in [0.2, 0.25) is 5.79 Å². The molecule has 3 heterocycles. The molecule has 3 aliphatic heterocycles. The monoisotopic (exact) mass is 865 g/mol. The Morgan fingerprint density at radius 2 is 1.57 bits per heavy atom. The van der Waals surface area contributed by atoms with Gasteiger partial charge in [-0.3, -0.25) is 19.2 Å². The van der Waals surface area contributed by atoms with Crippen molar-refractivity contribution in [1.29, 1.82) is 0 Å². The lowest BCUT2D eigenvalue weighted by molar-refractivity contribution is -0.303. The van der Waals surface area contributed by atoms with E-state index >= 15 is 0 Å². The first-order chi connectivity index (χ1) is 28.9. The van der Waals surface area contributed by atoms with Gasteiger partial charge >= 0.3 is 11.9 Å². The highest BCUT2D eigenvalue weighted by molar-refractivity contribution is 6.39. The molecule has 4 rings (SSSR count). The number of piperidine rings is 1. The van der Waals surface area contributed by atoms with Crippen molar-refractivity contribution in [2.24, 2.45) is 23.7 Å². The average molecular weight is 866 g/mol. The molecule has 0 radical (unpaired) electrons. The van der Waals surface area contributed by atoms with Gasteiger partial charge in [0, 0.05) is 72.0 Å². The van der Waals surface area contributed by atoms with Crippen molar-refractivity contribution in [1.82, 2.24) is 4.90 Å². The largest absolute Gasteiger partial charge is 0.481 e. The van der Waals surface area contributed by atoms with Crippen molar-refractivity contribution < 1.29 is 72.8 Å². The second kappa shape index (κ2) is 23.0. The molecule has 0 aromatic carbocycles. The van der Waals surface area contributed by atoms with Crippen LogP contribution in [-0.2, 0) is 52.4 Å². The number of fused-ring (bicyclic) bond motifs is 3. The molecular formula is C45H71NO15. The maximum atomic E-state index is 14.4. The third-order valence-electron chi connectivity index (χ3n) is 13.4. The van der Waals surface area contributed by atoms with Gasteiger partial charge in [-0.1, -0.05) is 31.6 Å². The molecule has 0 unspecified atom stereocenters. The smallest absolute Gasteiger partial charge is 0.329 e. The van der Waals surface area contributed by atoms with Gasteiger partial charge in [-0.15, -0.1) is 0 Å². The molecule has 4 N–H and O–H groups in total.